The molecule has 0 spiro atoms. The summed E-state index contributed by atoms with van der Waals surface area (Å²) < 4.78 is 5.12. The molecule has 9 nitrogen and oxygen atoms in total. The third-order valence-corrected chi connectivity index (χ3v) is 5.83. The van der Waals surface area contributed by atoms with Crippen LogP contribution in [0.4, 0.5) is 10.8 Å². The third-order valence-electron chi connectivity index (χ3n) is 5.22. The Bertz CT molecular complexity index is 1070. The molecule has 3 aromatic rings. The van der Waals surface area contributed by atoms with Crippen LogP contribution < -0.4 is 10.6 Å². The topological polar surface area (TPSA) is 117 Å². The number of hydrogen-bond acceptors (Lipinski definition) is 7. The molecule has 0 unspecified atom stereocenters. The van der Waals surface area contributed by atoms with E-state index < -0.39 is 0 Å². The van der Waals surface area contributed by atoms with E-state index in [1.54, 1.807) is 40.7 Å². The van der Waals surface area contributed by atoms with Crippen LogP contribution in [0.25, 0.3) is 0 Å². The molecule has 4 rings (SSSR count). The number of anilines is 2. The molecule has 0 atom stereocenters. The highest BCUT2D eigenvalue weighted by Gasteiger charge is 2.28. The number of likely N-dealkylation sites (tertiary alicyclic amines) is 1. The van der Waals surface area contributed by atoms with E-state index in [0.717, 1.165) is 5.56 Å². The second-order valence-electron chi connectivity index (χ2n) is 7.26. The molecule has 0 radical (unpaired) electrons. The van der Waals surface area contributed by atoms with Crippen molar-refractivity contribution in [1.82, 2.24) is 15.1 Å². The van der Waals surface area contributed by atoms with E-state index in [2.05, 4.69) is 20.8 Å². The number of aromatic nitrogens is 2. The average Bonchev–Trinajstić information content (AvgIpc) is 3.49. The Morgan fingerprint density at radius 1 is 1.16 bits per heavy atom. The van der Waals surface area contributed by atoms with Gasteiger partial charge in [-0.1, -0.05) is 17.4 Å². The minimum Gasteiger partial charge on any atom is -0.459 e. The number of aryl methyl sites for hydroxylation is 1. The fourth-order valence-corrected chi connectivity index (χ4v) is 3.89. The quantitative estimate of drug-likeness (QED) is 0.630. The van der Waals surface area contributed by atoms with Crippen molar-refractivity contribution in [3.63, 3.8) is 0 Å². The van der Waals surface area contributed by atoms with Crippen LogP contribution >= 0.6 is 11.3 Å². The van der Waals surface area contributed by atoms with Gasteiger partial charge in [0.05, 0.1) is 6.26 Å². The first-order valence-electron chi connectivity index (χ1n) is 9.83. The van der Waals surface area contributed by atoms with E-state index in [4.69, 9.17) is 4.42 Å². The highest BCUT2D eigenvalue weighted by Crippen LogP contribution is 2.24. The van der Waals surface area contributed by atoms with Crippen molar-refractivity contribution in [2.24, 2.45) is 5.92 Å². The Labute approximate surface area is 182 Å². The van der Waals surface area contributed by atoms with Gasteiger partial charge >= 0.3 is 0 Å². The number of benzene rings is 1. The van der Waals surface area contributed by atoms with Gasteiger partial charge in [-0.05, 0) is 49.6 Å². The van der Waals surface area contributed by atoms with Gasteiger partial charge in [-0.15, -0.1) is 10.2 Å². The molecule has 3 heterocycles. The van der Waals surface area contributed by atoms with Gasteiger partial charge in [0.25, 0.3) is 11.8 Å². The van der Waals surface area contributed by atoms with Gasteiger partial charge in [0.2, 0.25) is 11.0 Å². The standard InChI is InChI=1S/C21H21N5O4S/c1-13-4-5-15(11-16(13)23-19(28)17-3-2-10-30-17)20(29)26-8-6-14(7-9-26)18(27)24-21-25-22-12-31-21/h2-5,10-12,14H,6-9H2,1H3,(H,23,28)(H,24,25,27). The van der Waals surface area contributed by atoms with Gasteiger partial charge in [-0.3, -0.25) is 14.4 Å². The number of hydrogen-bond donors (Lipinski definition) is 2. The number of piperidine rings is 1. The molecule has 0 saturated carbocycles. The van der Waals surface area contributed by atoms with E-state index >= 15 is 0 Å². The van der Waals surface area contributed by atoms with Crippen molar-refractivity contribution in [3.8, 4) is 0 Å². The number of furan rings is 1. The Kier molecular flexibility index (Phi) is 6.08. The van der Waals surface area contributed by atoms with Crippen molar-refractivity contribution in [1.29, 1.82) is 0 Å². The fraction of sp³-hybridized carbons (Fsp3) is 0.286. The van der Waals surface area contributed by atoms with Gasteiger partial charge in [0, 0.05) is 30.3 Å². The number of nitrogens with one attached hydrogen (secondary N) is 2. The second kappa shape index (κ2) is 9.09. The van der Waals surface area contributed by atoms with Crippen molar-refractivity contribution >= 4 is 39.9 Å². The van der Waals surface area contributed by atoms with Crippen molar-refractivity contribution < 1.29 is 18.8 Å². The van der Waals surface area contributed by atoms with Crippen LogP contribution in [0, 0.1) is 12.8 Å². The van der Waals surface area contributed by atoms with Crippen LogP contribution in [0.1, 0.15) is 39.3 Å². The summed E-state index contributed by atoms with van der Waals surface area (Å²) in [6.07, 6.45) is 2.58. The molecule has 31 heavy (non-hydrogen) atoms. The lowest BCUT2D eigenvalue weighted by Gasteiger charge is -2.31. The zero-order valence-corrected chi connectivity index (χ0v) is 17.6. The van der Waals surface area contributed by atoms with E-state index in [0.29, 0.717) is 42.3 Å². The summed E-state index contributed by atoms with van der Waals surface area (Å²) >= 11 is 1.27. The first kappa shape index (κ1) is 20.7. The number of carbonyl (C=O) groups is 3. The largest absolute Gasteiger partial charge is 0.459 e. The van der Waals surface area contributed by atoms with Gasteiger partial charge in [-0.2, -0.15) is 0 Å². The molecule has 0 bridgehead atoms. The zero-order chi connectivity index (χ0) is 21.8. The smallest absolute Gasteiger partial charge is 0.291 e. The molecular formula is C21H21N5O4S. The lowest BCUT2D eigenvalue weighted by Crippen LogP contribution is -2.41. The van der Waals surface area contributed by atoms with E-state index in [-0.39, 0.29) is 29.4 Å². The third kappa shape index (κ3) is 4.80. The molecule has 1 aromatic carbocycles. The lowest BCUT2D eigenvalue weighted by atomic mass is 9.95. The molecule has 160 valence electrons. The predicted molar refractivity (Wildman–Crippen MR) is 115 cm³/mol. The van der Waals surface area contributed by atoms with Crippen molar-refractivity contribution in [2.75, 3.05) is 23.7 Å². The Hall–Kier alpha value is -3.53. The summed E-state index contributed by atoms with van der Waals surface area (Å²) in [5.41, 5.74) is 3.43. The first-order chi connectivity index (χ1) is 15.0. The van der Waals surface area contributed by atoms with E-state index in [1.807, 2.05) is 6.92 Å². The number of carbonyl (C=O) groups excluding carboxylic acids is 3. The van der Waals surface area contributed by atoms with Crippen LogP contribution in [0.5, 0.6) is 0 Å². The van der Waals surface area contributed by atoms with Gasteiger partial charge in [-0.25, -0.2) is 0 Å². The number of rotatable bonds is 5. The van der Waals surface area contributed by atoms with Crippen LogP contribution in [0.3, 0.4) is 0 Å². The summed E-state index contributed by atoms with van der Waals surface area (Å²) in [6.45, 7) is 2.82. The molecule has 1 fully saturated rings. The van der Waals surface area contributed by atoms with E-state index in [1.165, 1.54) is 17.6 Å². The van der Waals surface area contributed by atoms with Crippen molar-refractivity contribution in [2.45, 2.75) is 19.8 Å². The van der Waals surface area contributed by atoms with Crippen molar-refractivity contribution in [3.05, 3.63) is 59.0 Å². The summed E-state index contributed by atoms with van der Waals surface area (Å²) in [6, 6.07) is 8.43. The molecule has 10 heteroatoms. The van der Waals surface area contributed by atoms with E-state index in [9.17, 15) is 14.4 Å². The monoisotopic (exact) mass is 439 g/mol. The lowest BCUT2D eigenvalue weighted by molar-refractivity contribution is -0.121. The molecule has 2 N–H and O–H groups in total. The maximum atomic E-state index is 13.0. The number of amides is 3. The molecule has 1 aliphatic rings. The fourth-order valence-electron chi connectivity index (χ4n) is 3.44. The minimum atomic E-state index is -0.375. The van der Waals surface area contributed by atoms with Crippen LogP contribution in [-0.2, 0) is 4.79 Å². The first-order valence-corrected chi connectivity index (χ1v) is 10.7. The zero-order valence-electron chi connectivity index (χ0n) is 16.8. The molecule has 1 aliphatic heterocycles. The number of nitrogens with zero attached hydrogens (tertiary/aromatic N) is 3. The summed E-state index contributed by atoms with van der Waals surface area (Å²) in [7, 11) is 0. The molecule has 3 amide bonds. The maximum absolute atomic E-state index is 13.0. The Balaban J connectivity index is 1.37. The molecule has 1 saturated heterocycles. The average molecular weight is 439 g/mol. The molecule has 0 aliphatic carbocycles. The Morgan fingerprint density at radius 3 is 2.65 bits per heavy atom. The summed E-state index contributed by atoms with van der Waals surface area (Å²) in [5, 5.41) is 13.6. The minimum absolute atomic E-state index is 0.0953. The molecular weight excluding hydrogens is 418 g/mol. The van der Waals surface area contributed by atoms with Crippen LogP contribution in [-0.4, -0.2) is 45.9 Å². The highest BCUT2D eigenvalue weighted by atomic mass is 32.1. The summed E-state index contributed by atoms with van der Waals surface area (Å²) in [5.74, 6) is -0.572. The normalized spacial score (nSPS) is 14.3. The second-order valence-corrected chi connectivity index (χ2v) is 8.09. The summed E-state index contributed by atoms with van der Waals surface area (Å²) in [4.78, 5) is 39.4. The van der Waals surface area contributed by atoms with Gasteiger partial charge in [0.15, 0.2) is 5.76 Å². The SMILES string of the molecule is Cc1ccc(C(=O)N2CCC(C(=O)Nc3nncs3)CC2)cc1NC(=O)c1ccco1. The molecule has 2 aromatic heterocycles. The maximum Gasteiger partial charge on any atom is 0.291 e. The van der Waals surface area contributed by atoms with Crippen LogP contribution in [0.2, 0.25) is 0 Å². The predicted octanol–water partition coefficient (Wildman–Crippen LogP) is 3.18. The van der Waals surface area contributed by atoms with Gasteiger partial charge < -0.3 is 20.0 Å². The Morgan fingerprint density at radius 2 is 1.97 bits per heavy atom. The van der Waals surface area contributed by atoms with Crippen LogP contribution in [0.15, 0.2) is 46.5 Å². The highest BCUT2D eigenvalue weighted by molar-refractivity contribution is 7.13. The van der Waals surface area contributed by atoms with Gasteiger partial charge in [0.1, 0.15) is 5.51 Å².